The lowest BCUT2D eigenvalue weighted by Crippen LogP contribution is -2.28. The Bertz CT molecular complexity index is 851. The minimum absolute atomic E-state index is 0.0403. The smallest absolute Gasteiger partial charge is 0.196 e. The molecule has 2 aromatic rings. The van der Waals surface area contributed by atoms with Gasteiger partial charge < -0.3 is 4.90 Å². The van der Waals surface area contributed by atoms with Crippen molar-refractivity contribution in [1.82, 2.24) is 0 Å². The summed E-state index contributed by atoms with van der Waals surface area (Å²) in [5.41, 5.74) is 4.08. The molecule has 2 aromatic carbocycles. The van der Waals surface area contributed by atoms with Crippen molar-refractivity contribution in [2.75, 3.05) is 18.0 Å². The largest absolute Gasteiger partial charge is 0.371 e. The predicted octanol–water partition coefficient (Wildman–Crippen LogP) is 4.13. The van der Waals surface area contributed by atoms with Crippen molar-refractivity contribution in [3.05, 3.63) is 62.6 Å². The summed E-state index contributed by atoms with van der Waals surface area (Å²) in [7, 11) is 0. The van der Waals surface area contributed by atoms with Crippen LogP contribution in [0.25, 0.3) is 0 Å². The van der Waals surface area contributed by atoms with E-state index in [0.717, 1.165) is 37.2 Å². The van der Waals surface area contributed by atoms with Gasteiger partial charge in [-0.25, -0.2) is 0 Å². The van der Waals surface area contributed by atoms with Crippen molar-refractivity contribution in [2.45, 2.75) is 19.8 Å². The van der Waals surface area contributed by atoms with Crippen LogP contribution in [-0.2, 0) is 0 Å². The maximum Gasteiger partial charge on any atom is 0.196 e. The average Bonchev–Trinajstić information content (AvgIpc) is 3.06. The van der Waals surface area contributed by atoms with Gasteiger partial charge in [-0.2, -0.15) is 0 Å². The standard InChI is InChI=1S/C19H16BrNO2/c1-11-10-14(20)15-16(17(11)21-8-4-5-9-21)19(23)13-7-3-2-6-12(13)18(15)22/h2-3,6-7,10H,4-5,8-9H2,1H3. The molecule has 0 aromatic heterocycles. The number of halogens is 1. The molecule has 4 rings (SSSR count). The van der Waals surface area contributed by atoms with Gasteiger partial charge in [0, 0.05) is 28.7 Å². The van der Waals surface area contributed by atoms with Crippen molar-refractivity contribution in [3.63, 3.8) is 0 Å². The van der Waals surface area contributed by atoms with Crippen molar-refractivity contribution >= 4 is 33.2 Å². The number of fused-ring (bicyclic) bond motifs is 2. The Morgan fingerprint density at radius 1 is 0.957 bits per heavy atom. The Morgan fingerprint density at radius 3 is 2.13 bits per heavy atom. The van der Waals surface area contributed by atoms with Gasteiger partial charge in [0.2, 0.25) is 0 Å². The fraction of sp³-hybridized carbons (Fsp3) is 0.263. The Morgan fingerprint density at radius 2 is 1.52 bits per heavy atom. The highest BCUT2D eigenvalue weighted by molar-refractivity contribution is 9.10. The zero-order chi connectivity index (χ0) is 16.1. The molecule has 0 unspecified atom stereocenters. The monoisotopic (exact) mass is 369 g/mol. The van der Waals surface area contributed by atoms with Crippen molar-refractivity contribution in [2.24, 2.45) is 0 Å². The molecule has 1 heterocycles. The minimum atomic E-state index is -0.0671. The number of carbonyl (C=O) groups is 2. The first-order chi connectivity index (χ1) is 11.1. The van der Waals surface area contributed by atoms with Gasteiger partial charge in [-0.05, 0) is 47.3 Å². The molecule has 3 nitrogen and oxygen atoms in total. The Balaban J connectivity index is 2.03. The molecule has 23 heavy (non-hydrogen) atoms. The van der Waals surface area contributed by atoms with E-state index in [0.29, 0.717) is 26.7 Å². The van der Waals surface area contributed by atoms with Gasteiger partial charge in [-0.3, -0.25) is 9.59 Å². The molecule has 0 spiro atoms. The minimum Gasteiger partial charge on any atom is -0.371 e. The molecular formula is C19H16BrNO2. The number of benzene rings is 2. The summed E-state index contributed by atoms with van der Waals surface area (Å²) in [5, 5.41) is 0. The van der Waals surface area contributed by atoms with E-state index in [1.807, 2.05) is 19.1 Å². The van der Waals surface area contributed by atoms with E-state index in [1.165, 1.54) is 0 Å². The second-order valence-electron chi connectivity index (χ2n) is 6.17. The third-order valence-corrected chi connectivity index (χ3v) is 5.36. The topological polar surface area (TPSA) is 37.4 Å². The molecule has 0 saturated carbocycles. The van der Waals surface area contributed by atoms with Gasteiger partial charge in [0.25, 0.3) is 0 Å². The summed E-state index contributed by atoms with van der Waals surface area (Å²) >= 11 is 3.50. The molecule has 0 N–H and O–H groups in total. The molecule has 0 radical (unpaired) electrons. The predicted molar refractivity (Wildman–Crippen MR) is 93.6 cm³/mol. The van der Waals surface area contributed by atoms with Crippen LogP contribution in [0.4, 0.5) is 5.69 Å². The van der Waals surface area contributed by atoms with Crippen LogP contribution in [0.15, 0.2) is 34.8 Å². The number of carbonyl (C=O) groups excluding carboxylic acids is 2. The molecule has 1 fully saturated rings. The number of hydrogen-bond donors (Lipinski definition) is 0. The van der Waals surface area contributed by atoms with E-state index >= 15 is 0 Å². The molecule has 0 atom stereocenters. The van der Waals surface area contributed by atoms with Gasteiger partial charge in [0.1, 0.15) is 0 Å². The Labute approximate surface area is 143 Å². The molecule has 1 aliphatic heterocycles. The summed E-state index contributed by atoms with van der Waals surface area (Å²) in [6.45, 7) is 3.90. The average molecular weight is 370 g/mol. The van der Waals surface area contributed by atoms with E-state index in [-0.39, 0.29) is 11.6 Å². The highest BCUT2D eigenvalue weighted by atomic mass is 79.9. The van der Waals surface area contributed by atoms with Crippen LogP contribution in [0.3, 0.4) is 0 Å². The molecule has 1 aliphatic carbocycles. The highest BCUT2D eigenvalue weighted by Crippen LogP contribution is 2.40. The number of rotatable bonds is 1. The number of ketones is 2. The van der Waals surface area contributed by atoms with Crippen LogP contribution in [0.5, 0.6) is 0 Å². The first-order valence-corrected chi connectivity index (χ1v) is 8.65. The molecule has 0 bridgehead atoms. The number of anilines is 1. The summed E-state index contributed by atoms with van der Waals surface area (Å²) in [5.74, 6) is -0.107. The van der Waals surface area contributed by atoms with Crippen molar-refractivity contribution < 1.29 is 9.59 Å². The van der Waals surface area contributed by atoms with E-state index in [9.17, 15) is 9.59 Å². The normalized spacial score (nSPS) is 16.5. The Kier molecular flexibility index (Phi) is 3.38. The summed E-state index contributed by atoms with van der Waals surface area (Å²) in [6, 6.07) is 9.07. The molecular weight excluding hydrogens is 354 g/mol. The second-order valence-corrected chi connectivity index (χ2v) is 7.03. The maximum absolute atomic E-state index is 13.1. The van der Waals surface area contributed by atoms with Gasteiger partial charge in [0.15, 0.2) is 11.6 Å². The van der Waals surface area contributed by atoms with Gasteiger partial charge in [-0.1, -0.05) is 24.3 Å². The lowest BCUT2D eigenvalue weighted by Gasteiger charge is -2.28. The zero-order valence-corrected chi connectivity index (χ0v) is 14.4. The molecule has 116 valence electrons. The number of aryl methyl sites for hydroxylation is 1. The van der Waals surface area contributed by atoms with Gasteiger partial charge >= 0.3 is 0 Å². The SMILES string of the molecule is Cc1cc(Br)c2c(c1N1CCCC1)C(=O)c1ccccc1C2=O. The second kappa shape index (κ2) is 5.31. The Hall–Kier alpha value is -1.94. The molecule has 0 amide bonds. The summed E-state index contributed by atoms with van der Waals surface area (Å²) in [4.78, 5) is 28.3. The lowest BCUT2D eigenvalue weighted by molar-refractivity contribution is 0.0979. The summed E-state index contributed by atoms with van der Waals surface area (Å²) < 4.78 is 0.709. The van der Waals surface area contributed by atoms with E-state index < -0.39 is 0 Å². The highest BCUT2D eigenvalue weighted by Gasteiger charge is 2.35. The van der Waals surface area contributed by atoms with Crippen LogP contribution in [-0.4, -0.2) is 24.7 Å². The first-order valence-electron chi connectivity index (χ1n) is 7.86. The van der Waals surface area contributed by atoms with Crippen LogP contribution >= 0.6 is 15.9 Å². The number of nitrogens with zero attached hydrogens (tertiary/aromatic N) is 1. The van der Waals surface area contributed by atoms with Crippen LogP contribution in [0, 0.1) is 6.92 Å². The van der Waals surface area contributed by atoms with Crippen molar-refractivity contribution in [1.29, 1.82) is 0 Å². The van der Waals surface area contributed by atoms with E-state index in [1.54, 1.807) is 18.2 Å². The number of hydrogen-bond acceptors (Lipinski definition) is 3. The molecule has 1 saturated heterocycles. The third-order valence-electron chi connectivity index (χ3n) is 4.74. The summed E-state index contributed by atoms with van der Waals surface area (Å²) in [6.07, 6.45) is 2.26. The molecule has 2 aliphatic rings. The van der Waals surface area contributed by atoms with E-state index in [2.05, 4.69) is 20.8 Å². The fourth-order valence-corrected chi connectivity index (χ4v) is 4.43. The third kappa shape index (κ3) is 2.08. The van der Waals surface area contributed by atoms with Crippen LogP contribution < -0.4 is 4.90 Å². The first kappa shape index (κ1) is 14.6. The van der Waals surface area contributed by atoms with Gasteiger partial charge in [-0.15, -0.1) is 0 Å². The quantitative estimate of drug-likeness (QED) is 0.646. The lowest BCUT2D eigenvalue weighted by atomic mass is 9.82. The van der Waals surface area contributed by atoms with E-state index in [4.69, 9.17) is 0 Å². The molecule has 4 heteroatoms. The van der Waals surface area contributed by atoms with Crippen LogP contribution in [0.2, 0.25) is 0 Å². The van der Waals surface area contributed by atoms with Crippen LogP contribution in [0.1, 0.15) is 50.2 Å². The van der Waals surface area contributed by atoms with Crippen molar-refractivity contribution in [3.8, 4) is 0 Å². The van der Waals surface area contributed by atoms with Gasteiger partial charge in [0.05, 0.1) is 16.8 Å². The maximum atomic E-state index is 13.1. The fourth-order valence-electron chi connectivity index (χ4n) is 3.71. The zero-order valence-electron chi connectivity index (χ0n) is 12.9.